The van der Waals surface area contributed by atoms with Gasteiger partial charge in [-0.3, -0.25) is 4.79 Å². The van der Waals surface area contributed by atoms with Crippen molar-refractivity contribution in [3.63, 3.8) is 0 Å². The van der Waals surface area contributed by atoms with Gasteiger partial charge in [-0.25, -0.2) is 5.14 Å². The summed E-state index contributed by atoms with van der Waals surface area (Å²) in [5.74, 6) is -1.01. The van der Waals surface area contributed by atoms with Gasteiger partial charge in [-0.15, -0.1) is 0 Å². The van der Waals surface area contributed by atoms with Crippen LogP contribution in [0.1, 0.15) is 38.5 Å². The Bertz CT molecular complexity index is 333. The second-order valence-electron chi connectivity index (χ2n) is 4.06. The standard InChI is InChI=1S/C8H16N2O4S/c9-15(13,14)10-8(6-7(11)12)4-2-1-3-5-8/h10H,1-6H2,(H,11,12)(H2,9,13,14). The Balaban J connectivity index is 2.79. The van der Waals surface area contributed by atoms with Crippen LogP contribution in [0.4, 0.5) is 0 Å². The Morgan fingerprint density at radius 2 is 1.87 bits per heavy atom. The Morgan fingerprint density at radius 3 is 2.27 bits per heavy atom. The molecule has 1 aliphatic carbocycles. The summed E-state index contributed by atoms with van der Waals surface area (Å²) >= 11 is 0. The lowest BCUT2D eigenvalue weighted by Gasteiger charge is -2.35. The number of carboxylic acids is 1. The average molecular weight is 236 g/mol. The molecule has 0 radical (unpaired) electrons. The average Bonchev–Trinajstić information content (AvgIpc) is 1.99. The summed E-state index contributed by atoms with van der Waals surface area (Å²) in [6.45, 7) is 0. The molecule has 0 aliphatic heterocycles. The number of carboxylic acid groups (broad SMARTS) is 1. The highest BCUT2D eigenvalue weighted by Crippen LogP contribution is 2.31. The maximum atomic E-state index is 11.0. The number of hydrogen-bond donors (Lipinski definition) is 3. The first-order valence-electron chi connectivity index (χ1n) is 4.87. The highest BCUT2D eigenvalue weighted by Gasteiger charge is 2.36. The summed E-state index contributed by atoms with van der Waals surface area (Å²) in [5, 5.41) is 13.6. The van der Waals surface area contributed by atoms with Gasteiger partial charge in [-0.05, 0) is 12.8 Å². The molecule has 1 fully saturated rings. The second-order valence-corrected chi connectivity index (χ2v) is 5.35. The van der Waals surface area contributed by atoms with Gasteiger partial charge < -0.3 is 5.11 Å². The zero-order valence-electron chi connectivity index (χ0n) is 8.40. The van der Waals surface area contributed by atoms with Crippen molar-refractivity contribution in [1.82, 2.24) is 4.72 Å². The first-order valence-corrected chi connectivity index (χ1v) is 6.41. The van der Waals surface area contributed by atoms with Crippen LogP contribution in [0.2, 0.25) is 0 Å². The van der Waals surface area contributed by atoms with Gasteiger partial charge in [-0.2, -0.15) is 13.1 Å². The highest BCUT2D eigenvalue weighted by molar-refractivity contribution is 7.87. The number of nitrogens with one attached hydrogen (secondary N) is 1. The van der Waals surface area contributed by atoms with Crippen LogP contribution in [-0.2, 0) is 15.0 Å². The third-order valence-corrected chi connectivity index (χ3v) is 3.38. The Hall–Kier alpha value is -0.660. The largest absolute Gasteiger partial charge is 0.481 e. The topological polar surface area (TPSA) is 109 Å². The molecule has 6 nitrogen and oxygen atoms in total. The minimum Gasteiger partial charge on any atom is -0.481 e. The van der Waals surface area contributed by atoms with E-state index in [1.807, 2.05) is 0 Å². The van der Waals surface area contributed by atoms with Gasteiger partial charge >= 0.3 is 5.97 Å². The van der Waals surface area contributed by atoms with Gasteiger partial charge in [0.05, 0.1) is 6.42 Å². The number of rotatable bonds is 4. The van der Waals surface area contributed by atoms with E-state index in [4.69, 9.17) is 10.2 Å². The monoisotopic (exact) mass is 236 g/mol. The van der Waals surface area contributed by atoms with Gasteiger partial charge in [0.2, 0.25) is 0 Å². The molecule has 0 heterocycles. The molecule has 0 spiro atoms. The molecule has 0 aromatic rings. The van der Waals surface area contributed by atoms with Crippen molar-refractivity contribution >= 4 is 16.2 Å². The van der Waals surface area contributed by atoms with E-state index in [-0.39, 0.29) is 6.42 Å². The van der Waals surface area contributed by atoms with Gasteiger partial charge in [-0.1, -0.05) is 19.3 Å². The van der Waals surface area contributed by atoms with Crippen LogP contribution in [0.15, 0.2) is 0 Å². The molecule has 0 saturated heterocycles. The molecule has 1 aliphatic rings. The lowest BCUT2D eigenvalue weighted by molar-refractivity contribution is -0.138. The first-order chi connectivity index (χ1) is 6.83. The maximum Gasteiger partial charge on any atom is 0.305 e. The lowest BCUT2D eigenvalue weighted by Crippen LogP contribution is -2.53. The Morgan fingerprint density at radius 1 is 1.33 bits per heavy atom. The van der Waals surface area contributed by atoms with E-state index < -0.39 is 21.7 Å². The molecule has 0 aromatic heterocycles. The van der Waals surface area contributed by atoms with Crippen molar-refractivity contribution in [3.05, 3.63) is 0 Å². The van der Waals surface area contributed by atoms with Crippen LogP contribution in [-0.4, -0.2) is 25.0 Å². The summed E-state index contributed by atoms with van der Waals surface area (Å²) in [5.41, 5.74) is -0.877. The van der Waals surface area contributed by atoms with Crippen molar-refractivity contribution in [1.29, 1.82) is 0 Å². The van der Waals surface area contributed by atoms with E-state index in [2.05, 4.69) is 4.72 Å². The van der Waals surface area contributed by atoms with Gasteiger partial charge in [0.1, 0.15) is 0 Å². The number of hydrogen-bond acceptors (Lipinski definition) is 3. The highest BCUT2D eigenvalue weighted by atomic mass is 32.2. The van der Waals surface area contributed by atoms with E-state index in [9.17, 15) is 13.2 Å². The minimum absolute atomic E-state index is 0.205. The first kappa shape index (κ1) is 12.4. The van der Waals surface area contributed by atoms with E-state index in [1.165, 1.54) is 0 Å². The van der Waals surface area contributed by atoms with Crippen molar-refractivity contribution in [2.75, 3.05) is 0 Å². The molecular formula is C8H16N2O4S. The Kier molecular flexibility index (Phi) is 3.69. The molecule has 0 atom stereocenters. The molecule has 0 unspecified atom stereocenters. The fourth-order valence-corrected chi connectivity index (χ4v) is 3.01. The second kappa shape index (κ2) is 4.46. The van der Waals surface area contributed by atoms with Crippen molar-refractivity contribution in [2.24, 2.45) is 5.14 Å². The normalized spacial score (nSPS) is 21.1. The maximum absolute atomic E-state index is 11.0. The smallest absolute Gasteiger partial charge is 0.305 e. The quantitative estimate of drug-likeness (QED) is 0.636. The van der Waals surface area contributed by atoms with E-state index >= 15 is 0 Å². The van der Waals surface area contributed by atoms with Crippen LogP contribution in [0.5, 0.6) is 0 Å². The molecule has 1 rings (SSSR count). The van der Waals surface area contributed by atoms with Crippen LogP contribution in [0.3, 0.4) is 0 Å². The van der Waals surface area contributed by atoms with E-state index in [0.29, 0.717) is 12.8 Å². The Labute approximate surface area is 89.0 Å². The third kappa shape index (κ3) is 4.15. The van der Waals surface area contributed by atoms with E-state index in [0.717, 1.165) is 19.3 Å². The summed E-state index contributed by atoms with van der Waals surface area (Å²) in [6, 6.07) is 0. The molecule has 15 heavy (non-hydrogen) atoms. The summed E-state index contributed by atoms with van der Waals surface area (Å²) in [4.78, 5) is 10.7. The molecule has 0 bridgehead atoms. The molecule has 88 valence electrons. The van der Waals surface area contributed by atoms with Crippen LogP contribution < -0.4 is 9.86 Å². The van der Waals surface area contributed by atoms with Crippen molar-refractivity contribution in [2.45, 2.75) is 44.1 Å². The fourth-order valence-electron chi connectivity index (χ4n) is 2.13. The lowest BCUT2D eigenvalue weighted by atomic mass is 9.80. The number of nitrogens with two attached hydrogens (primary N) is 1. The molecule has 0 amide bonds. The van der Waals surface area contributed by atoms with Crippen LogP contribution in [0.25, 0.3) is 0 Å². The predicted molar refractivity (Wildman–Crippen MR) is 54.3 cm³/mol. The number of carbonyl (C=O) groups is 1. The van der Waals surface area contributed by atoms with Crippen molar-refractivity contribution in [3.8, 4) is 0 Å². The number of aliphatic carboxylic acids is 1. The minimum atomic E-state index is -3.84. The SMILES string of the molecule is NS(=O)(=O)NC1(CC(=O)O)CCCCC1. The van der Waals surface area contributed by atoms with Gasteiger partial charge in [0, 0.05) is 5.54 Å². The molecule has 7 heteroatoms. The van der Waals surface area contributed by atoms with Crippen LogP contribution in [0, 0.1) is 0 Å². The van der Waals surface area contributed by atoms with Gasteiger partial charge in [0.25, 0.3) is 10.2 Å². The zero-order chi connectivity index (χ0) is 11.5. The summed E-state index contributed by atoms with van der Waals surface area (Å²) in [7, 11) is -3.84. The summed E-state index contributed by atoms with van der Waals surface area (Å²) < 4.78 is 24.2. The van der Waals surface area contributed by atoms with Crippen molar-refractivity contribution < 1.29 is 18.3 Å². The summed E-state index contributed by atoms with van der Waals surface area (Å²) in [6.07, 6.45) is 3.54. The predicted octanol–water partition coefficient (Wildman–Crippen LogP) is -0.0429. The third-order valence-electron chi connectivity index (χ3n) is 2.66. The molecule has 4 N–H and O–H groups in total. The molecule has 1 saturated carbocycles. The molecule has 0 aromatic carbocycles. The zero-order valence-corrected chi connectivity index (χ0v) is 9.22. The van der Waals surface area contributed by atoms with Crippen LogP contribution >= 0.6 is 0 Å². The molecular weight excluding hydrogens is 220 g/mol. The van der Waals surface area contributed by atoms with Gasteiger partial charge in [0.15, 0.2) is 0 Å². The fraction of sp³-hybridized carbons (Fsp3) is 0.875. The van der Waals surface area contributed by atoms with E-state index in [1.54, 1.807) is 0 Å².